The van der Waals surface area contributed by atoms with Crippen molar-refractivity contribution in [3.63, 3.8) is 0 Å². The van der Waals surface area contributed by atoms with Crippen molar-refractivity contribution in [2.45, 2.75) is 19.4 Å². The lowest BCUT2D eigenvalue weighted by molar-refractivity contribution is -0.121. The van der Waals surface area contributed by atoms with Gasteiger partial charge in [-0.2, -0.15) is 0 Å². The number of nitrogens with two attached hydrogens (primary N) is 1. The standard InChI is InChI=1S/C11H14F2N2O.ClH/c12-9-3-4-10(13)8(6-9)7-15-11(16)2-1-5-14;/h3-4,6H,1-2,5,7,14H2,(H,15,16);1H. The summed E-state index contributed by atoms with van der Waals surface area (Å²) in [7, 11) is 0. The van der Waals surface area contributed by atoms with E-state index in [1.165, 1.54) is 0 Å². The van der Waals surface area contributed by atoms with Crippen LogP contribution in [0.5, 0.6) is 0 Å². The van der Waals surface area contributed by atoms with E-state index in [2.05, 4.69) is 5.32 Å². The fourth-order valence-corrected chi connectivity index (χ4v) is 1.22. The molecule has 0 atom stereocenters. The Morgan fingerprint density at radius 3 is 2.71 bits per heavy atom. The molecule has 17 heavy (non-hydrogen) atoms. The average Bonchev–Trinajstić information content (AvgIpc) is 2.27. The van der Waals surface area contributed by atoms with E-state index < -0.39 is 11.6 Å². The number of halogens is 3. The SMILES string of the molecule is Cl.NCCCC(=O)NCc1cc(F)ccc1F. The fraction of sp³-hybridized carbons (Fsp3) is 0.364. The van der Waals surface area contributed by atoms with Gasteiger partial charge in [-0.15, -0.1) is 12.4 Å². The number of carbonyl (C=O) groups excluding carboxylic acids is 1. The molecule has 0 saturated carbocycles. The number of benzene rings is 1. The third-order valence-electron chi connectivity index (χ3n) is 2.09. The molecule has 0 spiro atoms. The van der Waals surface area contributed by atoms with E-state index in [1.807, 2.05) is 0 Å². The number of amides is 1. The van der Waals surface area contributed by atoms with Gasteiger partial charge in [-0.3, -0.25) is 4.79 Å². The van der Waals surface area contributed by atoms with Crippen LogP contribution in [-0.4, -0.2) is 12.5 Å². The van der Waals surface area contributed by atoms with Gasteiger partial charge < -0.3 is 11.1 Å². The van der Waals surface area contributed by atoms with E-state index in [0.717, 1.165) is 18.2 Å². The van der Waals surface area contributed by atoms with Crippen LogP contribution in [0.2, 0.25) is 0 Å². The highest BCUT2D eigenvalue weighted by atomic mass is 35.5. The molecule has 0 bridgehead atoms. The lowest BCUT2D eigenvalue weighted by atomic mass is 10.2. The summed E-state index contributed by atoms with van der Waals surface area (Å²) in [5.41, 5.74) is 5.38. The van der Waals surface area contributed by atoms with Crippen LogP contribution in [0.3, 0.4) is 0 Å². The van der Waals surface area contributed by atoms with E-state index in [0.29, 0.717) is 19.4 Å². The van der Waals surface area contributed by atoms with Crippen LogP contribution in [0.1, 0.15) is 18.4 Å². The summed E-state index contributed by atoms with van der Waals surface area (Å²) >= 11 is 0. The summed E-state index contributed by atoms with van der Waals surface area (Å²) in [6.45, 7) is 0.425. The Labute approximate surface area is 105 Å². The number of hydrogen-bond acceptors (Lipinski definition) is 2. The summed E-state index contributed by atoms with van der Waals surface area (Å²) in [6.07, 6.45) is 0.880. The zero-order valence-electron chi connectivity index (χ0n) is 9.21. The zero-order chi connectivity index (χ0) is 12.0. The highest BCUT2D eigenvalue weighted by Gasteiger charge is 2.05. The van der Waals surface area contributed by atoms with Crippen molar-refractivity contribution in [1.82, 2.24) is 5.32 Å². The Hall–Kier alpha value is -1.20. The summed E-state index contributed by atoms with van der Waals surface area (Å²) in [4.78, 5) is 11.2. The van der Waals surface area contributed by atoms with Crippen LogP contribution in [0.25, 0.3) is 0 Å². The Kier molecular flexibility index (Phi) is 7.41. The van der Waals surface area contributed by atoms with Crippen molar-refractivity contribution < 1.29 is 13.6 Å². The molecule has 0 fully saturated rings. The molecule has 0 aliphatic rings. The third-order valence-corrected chi connectivity index (χ3v) is 2.09. The Balaban J connectivity index is 0.00000256. The van der Waals surface area contributed by atoms with Crippen molar-refractivity contribution in [3.05, 3.63) is 35.4 Å². The molecule has 0 heterocycles. The van der Waals surface area contributed by atoms with Crippen LogP contribution >= 0.6 is 12.4 Å². The van der Waals surface area contributed by atoms with Crippen LogP contribution in [-0.2, 0) is 11.3 Å². The smallest absolute Gasteiger partial charge is 0.220 e. The predicted molar refractivity (Wildman–Crippen MR) is 63.7 cm³/mol. The lowest BCUT2D eigenvalue weighted by Crippen LogP contribution is -2.23. The highest BCUT2D eigenvalue weighted by molar-refractivity contribution is 5.85. The van der Waals surface area contributed by atoms with Gasteiger partial charge in [0.25, 0.3) is 0 Å². The summed E-state index contributed by atoms with van der Waals surface area (Å²) in [6, 6.07) is 3.14. The maximum atomic E-state index is 13.1. The van der Waals surface area contributed by atoms with Gasteiger partial charge in [0.15, 0.2) is 0 Å². The van der Waals surface area contributed by atoms with E-state index in [-0.39, 0.29) is 30.4 Å². The molecule has 6 heteroatoms. The molecule has 0 radical (unpaired) electrons. The second kappa shape index (κ2) is 7.97. The van der Waals surface area contributed by atoms with Gasteiger partial charge >= 0.3 is 0 Å². The van der Waals surface area contributed by atoms with Gasteiger partial charge in [-0.25, -0.2) is 8.78 Å². The van der Waals surface area contributed by atoms with E-state index in [9.17, 15) is 13.6 Å². The van der Waals surface area contributed by atoms with Crippen LogP contribution in [0.15, 0.2) is 18.2 Å². The van der Waals surface area contributed by atoms with Gasteiger partial charge in [0.1, 0.15) is 11.6 Å². The summed E-state index contributed by atoms with van der Waals surface area (Å²) < 4.78 is 25.9. The molecular formula is C11H15ClF2N2O. The van der Waals surface area contributed by atoms with Crippen molar-refractivity contribution in [2.24, 2.45) is 5.73 Å². The molecule has 3 nitrogen and oxygen atoms in total. The molecule has 1 aromatic carbocycles. The quantitative estimate of drug-likeness (QED) is 0.851. The van der Waals surface area contributed by atoms with Gasteiger partial charge in [-0.05, 0) is 31.2 Å². The maximum Gasteiger partial charge on any atom is 0.220 e. The molecule has 1 amide bonds. The summed E-state index contributed by atoms with van der Waals surface area (Å²) in [5.74, 6) is -1.26. The molecule has 0 aliphatic carbocycles. The number of hydrogen-bond donors (Lipinski definition) is 2. The molecule has 0 saturated heterocycles. The monoisotopic (exact) mass is 264 g/mol. The third kappa shape index (κ3) is 5.60. The average molecular weight is 265 g/mol. The van der Waals surface area contributed by atoms with Crippen molar-refractivity contribution in [1.29, 1.82) is 0 Å². The normalized spacial score (nSPS) is 9.59. The molecule has 96 valence electrons. The van der Waals surface area contributed by atoms with Crippen molar-refractivity contribution in [3.8, 4) is 0 Å². The fourth-order valence-electron chi connectivity index (χ4n) is 1.22. The zero-order valence-corrected chi connectivity index (χ0v) is 10.0. The minimum atomic E-state index is -0.527. The van der Waals surface area contributed by atoms with Gasteiger partial charge in [-0.1, -0.05) is 0 Å². The van der Waals surface area contributed by atoms with Crippen LogP contribution in [0, 0.1) is 11.6 Å². The number of nitrogens with one attached hydrogen (secondary N) is 1. The van der Waals surface area contributed by atoms with E-state index >= 15 is 0 Å². The Morgan fingerprint density at radius 1 is 1.35 bits per heavy atom. The minimum absolute atomic E-state index is 0. The summed E-state index contributed by atoms with van der Waals surface area (Å²) in [5, 5.41) is 2.50. The van der Waals surface area contributed by atoms with Crippen LogP contribution in [0.4, 0.5) is 8.78 Å². The molecule has 3 N–H and O–H groups in total. The lowest BCUT2D eigenvalue weighted by Gasteiger charge is -2.06. The minimum Gasteiger partial charge on any atom is -0.352 e. The first-order chi connectivity index (χ1) is 7.63. The number of carbonyl (C=O) groups is 1. The first kappa shape index (κ1) is 15.8. The van der Waals surface area contributed by atoms with Crippen molar-refractivity contribution in [2.75, 3.05) is 6.54 Å². The Bertz CT molecular complexity index is 374. The maximum absolute atomic E-state index is 13.1. The topological polar surface area (TPSA) is 55.1 Å². The predicted octanol–water partition coefficient (Wildman–Crippen LogP) is 1.74. The van der Waals surface area contributed by atoms with E-state index in [1.54, 1.807) is 0 Å². The second-order valence-corrected chi connectivity index (χ2v) is 3.40. The van der Waals surface area contributed by atoms with Crippen LogP contribution < -0.4 is 11.1 Å². The van der Waals surface area contributed by atoms with Gasteiger partial charge in [0, 0.05) is 18.5 Å². The second-order valence-electron chi connectivity index (χ2n) is 3.40. The first-order valence-corrected chi connectivity index (χ1v) is 5.04. The molecular weight excluding hydrogens is 250 g/mol. The van der Waals surface area contributed by atoms with Gasteiger partial charge in [0.05, 0.1) is 0 Å². The Morgan fingerprint density at radius 2 is 2.06 bits per heavy atom. The largest absolute Gasteiger partial charge is 0.352 e. The van der Waals surface area contributed by atoms with E-state index in [4.69, 9.17) is 5.73 Å². The molecule has 0 unspecified atom stereocenters. The number of rotatable bonds is 5. The molecule has 0 aliphatic heterocycles. The molecule has 1 rings (SSSR count). The highest BCUT2D eigenvalue weighted by Crippen LogP contribution is 2.09. The van der Waals surface area contributed by atoms with Crippen molar-refractivity contribution >= 4 is 18.3 Å². The molecule has 0 aromatic heterocycles. The molecule has 1 aromatic rings. The first-order valence-electron chi connectivity index (χ1n) is 5.04. The van der Waals surface area contributed by atoms with Gasteiger partial charge in [0.2, 0.25) is 5.91 Å².